The van der Waals surface area contributed by atoms with Gasteiger partial charge in [-0.15, -0.1) is 0 Å². The first-order chi connectivity index (χ1) is 8.86. The van der Waals surface area contributed by atoms with Crippen molar-refractivity contribution in [2.24, 2.45) is 0 Å². The molecule has 0 heterocycles. The molecule has 4 nitrogen and oxygen atoms in total. The van der Waals surface area contributed by atoms with Crippen LogP contribution in [0.4, 0.5) is 0 Å². The number of carbonyl (C=O) groups is 1. The maximum atomic E-state index is 11.9. The van der Waals surface area contributed by atoms with Crippen molar-refractivity contribution in [2.75, 3.05) is 6.26 Å². The Morgan fingerprint density at radius 2 is 2.11 bits per heavy atom. The molecule has 2 atom stereocenters. The minimum absolute atomic E-state index is 0.328. The molecule has 1 saturated carbocycles. The van der Waals surface area contributed by atoms with E-state index in [9.17, 15) is 13.2 Å². The fourth-order valence-electron chi connectivity index (χ4n) is 2.23. The summed E-state index contributed by atoms with van der Waals surface area (Å²) in [6, 6.07) is 6.50. The second kappa shape index (κ2) is 5.51. The van der Waals surface area contributed by atoms with Gasteiger partial charge in [-0.3, -0.25) is 0 Å². The van der Waals surface area contributed by atoms with Crippen LogP contribution in [-0.2, 0) is 14.6 Å². The molecule has 1 aliphatic rings. The zero-order chi connectivity index (χ0) is 14.0. The molecule has 0 unspecified atom stereocenters. The van der Waals surface area contributed by atoms with Crippen LogP contribution in [0.25, 0.3) is 0 Å². The van der Waals surface area contributed by atoms with Crippen molar-refractivity contribution in [1.82, 2.24) is 0 Å². The van der Waals surface area contributed by atoms with Gasteiger partial charge >= 0.3 is 5.97 Å². The summed E-state index contributed by atoms with van der Waals surface area (Å²) >= 11 is 5.80. The summed E-state index contributed by atoms with van der Waals surface area (Å²) in [6.07, 6.45) is 2.41. The average Bonchev–Trinajstić information content (AvgIpc) is 2.77. The van der Waals surface area contributed by atoms with E-state index in [0.29, 0.717) is 29.8 Å². The number of halogens is 1. The topological polar surface area (TPSA) is 60.4 Å². The lowest BCUT2D eigenvalue weighted by molar-refractivity contribution is 0.0318. The van der Waals surface area contributed by atoms with Gasteiger partial charge in [0.25, 0.3) is 0 Å². The highest BCUT2D eigenvalue weighted by Gasteiger charge is 2.33. The van der Waals surface area contributed by atoms with E-state index in [1.165, 1.54) is 12.3 Å². The highest BCUT2D eigenvalue weighted by Crippen LogP contribution is 2.28. The van der Waals surface area contributed by atoms with E-state index in [2.05, 4.69) is 0 Å². The second-order valence-electron chi connectivity index (χ2n) is 4.80. The van der Waals surface area contributed by atoms with Crippen LogP contribution in [0.2, 0.25) is 5.02 Å². The minimum Gasteiger partial charge on any atom is -0.459 e. The molecule has 0 amide bonds. The fourth-order valence-corrected chi connectivity index (χ4v) is 3.55. The molecule has 0 N–H and O–H groups in total. The second-order valence-corrected chi connectivity index (χ2v) is 7.56. The number of esters is 1. The number of ether oxygens (including phenoxy) is 1. The number of sulfone groups is 1. The Labute approximate surface area is 117 Å². The molecule has 1 fully saturated rings. The standard InChI is InChI=1S/C13H15ClO4S/c1-19(16,17)12-6-5-11(8-12)18-13(15)9-3-2-4-10(14)7-9/h2-4,7,11-12H,5-6,8H2,1H3/t11-,12-/m0/s1. The minimum atomic E-state index is -3.06. The zero-order valence-electron chi connectivity index (χ0n) is 10.5. The SMILES string of the molecule is CS(=O)(=O)[C@H]1CC[C@H](OC(=O)c2cccc(Cl)c2)C1. The summed E-state index contributed by atoms with van der Waals surface area (Å²) in [5, 5.41) is 0.0690. The Kier molecular flexibility index (Phi) is 4.16. The highest BCUT2D eigenvalue weighted by molar-refractivity contribution is 7.91. The van der Waals surface area contributed by atoms with Crippen LogP contribution in [0.15, 0.2) is 24.3 Å². The Balaban J connectivity index is 1.98. The number of carbonyl (C=O) groups excluding carboxylic acids is 1. The summed E-state index contributed by atoms with van der Waals surface area (Å²) in [5.74, 6) is -0.457. The molecule has 1 aromatic rings. The molecular weight excluding hydrogens is 288 g/mol. The van der Waals surface area contributed by atoms with Gasteiger partial charge in [-0.25, -0.2) is 13.2 Å². The van der Waals surface area contributed by atoms with Gasteiger partial charge in [0.1, 0.15) is 15.9 Å². The van der Waals surface area contributed by atoms with Crippen molar-refractivity contribution >= 4 is 27.4 Å². The van der Waals surface area contributed by atoms with Gasteiger partial charge in [0.2, 0.25) is 0 Å². The summed E-state index contributed by atoms with van der Waals surface area (Å²) < 4.78 is 28.2. The van der Waals surface area contributed by atoms with Crippen LogP contribution >= 0.6 is 11.6 Å². The van der Waals surface area contributed by atoms with E-state index >= 15 is 0 Å². The third-order valence-electron chi connectivity index (χ3n) is 3.28. The summed E-state index contributed by atoms with van der Waals surface area (Å²) in [5.41, 5.74) is 0.385. The quantitative estimate of drug-likeness (QED) is 0.805. The predicted octanol–water partition coefficient (Wildman–Crippen LogP) is 2.46. The van der Waals surface area contributed by atoms with Crippen molar-refractivity contribution in [3.63, 3.8) is 0 Å². The van der Waals surface area contributed by atoms with Gasteiger partial charge in [-0.1, -0.05) is 17.7 Å². The molecule has 6 heteroatoms. The van der Waals surface area contributed by atoms with E-state index in [4.69, 9.17) is 16.3 Å². The third-order valence-corrected chi connectivity index (χ3v) is 5.15. The fraction of sp³-hybridized carbons (Fsp3) is 0.462. The van der Waals surface area contributed by atoms with Crippen molar-refractivity contribution in [1.29, 1.82) is 0 Å². The molecule has 1 aromatic carbocycles. The van der Waals surface area contributed by atoms with Crippen LogP contribution in [-0.4, -0.2) is 32.0 Å². The van der Waals surface area contributed by atoms with Crippen molar-refractivity contribution in [3.05, 3.63) is 34.9 Å². The number of hydrogen-bond donors (Lipinski definition) is 0. The molecule has 1 aliphatic carbocycles. The molecular formula is C13H15ClO4S. The first kappa shape index (κ1) is 14.3. The summed E-state index contributed by atoms with van der Waals surface area (Å²) in [6.45, 7) is 0. The maximum absolute atomic E-state index is 11.9. The molecule has 0 saturated heterocycles. The molecule has 0 bridgehead atoms. The van der Waals surface area contributed by atoms with E-state index in [-0.39, 0.29) is 6.10 Å². The third kappa shape index (κ3) is 3.70. The summed E-state index contributed by atoms with van der Waals surface area (Å²) in [7, 11) is -3.06. The van der Waals surface area contributed by atoms with Crippen LogP contribution < -0.4 is 0 Å². The lowest BCUT2D eigenvalue weighted by Crippen LogP contribution is -2.20. The van der Waals surface area contributed by atoms with Crippen molar-refractivity contribution in [2.45, 2.75) is 30.6 Å². The van der Waals surface area contributed by atoms with Gasteiger partial charge in [-0.2, -0.15) is 0 Å². The van der Waals surface area contributed by atoms with Gasteiger partial charge in [0, 0.05) is 17.7 Å². The van der Waals surface area contributed by atoms with Crippen LogP contribution in [0.3, 0.4) is 0 Å². The molecule has 104 valence electrons. The van der Waals surface area contributed by atoms with E-state index in [1.54, 1.807) is 18.2 Å². The highest BCUT2D eigenvalue weighted by atomic mass is 35.5. The van der Waals surface area contributed by atoms with Gasteiger partial charge < -0.3 is 4.74 Å². The monoisotopic (exact) mass is 302 g/mol. The average molecular weight is 303 g/mol. The lowest BCUT2D eigenvalue weighted by Gasteiger charge is -2.12. The smallest absolute Gasteiger partial charge is 0.338 e. The van der Waals surface area contributed by atoms with Crippen LogP contribution in [0, 0.1) is 0 Å². The molecule has 19 heavy (non-hydrogen) atoms. The number of rotatable bonds is 3. The Morgan fingerprint density at radius 1 is 1.37 bits per heavy atom. The zero-order valence-corrected chi connectivity index (χ0v) is 12.1. The largest absolute Gasteiger partial charge is 0.459 e. The van der Waals surface area contributed by atoms with E-state index in [1.807, 2.05) is 0 Å². The first-order valence-electron chi connectivity index (χ1n) is 6.01. The molecule has 0 spiro atoms. The van der Waals surface area contributed by atoms with Crippen molar-refractivity contribution < 1.29 is 17.9 Å². The maximum Gasteiger partial charge on any atom is 0.338 e. The first-order valence-corrected chi connectivity index (χ1v) is 8.35. The summed E-state index contributed by atoms with van der Waals surface area (Å²) in [4.78, 5) is 11.9. The van der Waals surface area contributed by atoms with E-state index < -0.39 is 21.1 Å². The lowest BCUT2D eigenvalue weighted by atomic mass is 10.2. The van der Waals surface area contributed by atoms with Gasteiger partial charge in [0.15, 0.2) is 0 Å². The Morgan fingerprint density at radius 3 is 2.68 bits per heavy atom. The van der Waals surface area contributed by atoms with Crippen LogP contribution in [0.1, 0.15) is 29.6 Å². The molecule has 0 aliphatic heterocycles. The molecule has 0 aromatic heterocycles. The Bertz CT molecular complexity index is 582. The number of hydrogen-bond acceptors (Lipinski definition) is 4. The number of benzene rings is 1. The van der Waals surface area contributed by atoms with Crippen molar-refractivity contribution in [3.8, 4) is 0 Å². The van der Waals surface area contributed by atoms with Gasteiger partial charge in [0.05, 0.1) is 10.8 Å². The molecule has 0 radical (unpaired) electrons. The van der Waals surface area contributed by atoms with Gasteiger partial charge in [-0.05, 0) is 31.0 Å². The Hall–Kier alpha value is -1.07. The predicted molar refractivity (Wildman–Crippen MR) is 73.1 cm³/mol. The molecule has 2 rings (SSSR count). The normalized spacial score (nSPS) is 23.3. The van der Waals surface area contributed by atoms with Crippen LogP contribution in [0.5, 0.6) is 0 Å². The van der Waals surface area contributed by atoms with E-state index in [0.717, 1.165) is 0 Å².